The zero-order valence-electron chi connectivity index (χ0n) is 15.3. The lowest BCUT2D eigenvalue weighted by molar-refractivity contribution is -0.133. The van der Waals surface area contributed by atoms with Crippen LogP contribution < -0.4 is 0 Å². The van der Waals surface area contributed by atoms with Crippen LogP contribution in [0.5, 0.6) is 0 Å². The first-order chi connectivity index (χ1) is 11.0. The molecule has 1 rings (SSSR count). The smallest absolute Gasteiger partial charge is 0.244 e. The van der Waals surface area contributed by atoms with Crippen molar-refractivity contribution in [1.29, 1.82) is 0 Å². The van der Waals surface area contributed by atoms with Gasteiger partial charge in [0, 0.05) is 32.4 Å². The number of carbonyl (C=O) groups is 1. The van der Waals surface area contributed by atoms with Gasteiger partial charge in [0.1, 0.15) is 4.90 Å². The predicted octanol–water partition coefficient (Wildman–Crippen LogP) is 2.46. The van der Waals surface area contributed by atoms with Gasteiger partial charge in [-0.3, -0.25) is 4.79 Å². The van der Waals surface area contributed by atoms with Crippen molar-refractivity contribution in [2.24, 2.45) is 0 Å². The quantitative estimate of drug-likeness (QED) is 0.687. The Bertz CT molecular complexity index is 648. The monoisotopic (exact) mass is 373 g/mol. The molecule has 0 saturated carbocycles. The lowest BCUT2D eigenvalue weighted by Gasteiger charge is -2.32. The van der Waals surface area contributed by atoms with Crippen LogP contribution in [0.25, 0.3) is 0 Å². The van der Waals surface area contributed by atoms with Gasteiger partial charge in [-0.1, -0.05) is 11.8 Å². The minimum Gasteiger partial charge on any atom is -0.337 e. The highest BCUT2D eigenvalue weighted by Crippen LogP contribution is 2.25. The fourth-order valence-electron chi connectivity index (χ4n) is 2.35. The van der Waals surface area contributed by atoms with Gasteiger partial charge >= 0.3 is 0 Å². The number of hydrogen-bond acceptors (Lipinski definition) is 5. The van der Waals surface area contributed by atoms with E-state index in [9.17, 15) is 13.2 Å². The Hall–Kier alpha value is -1.12. The van der Waals surface area contributed by atoms with Crippen LogP contribution in [0.4, 0.5) is 0 Å². The maximum atomic E-state index is 12.6. The Balaban J connectivity index is 2.89. The molecule has 1 atom stereocenters. The van der Waals surface area contributed by atoms with E-state index in [0.29, 0.717) is 5.03 Å². The topological polar surface area (TPSA) is 70.6 Å². The van der Waals surface area contributed by atoms with E-state index in [4.69, 9.17) is 0 Å². The summed E-state index contributed by atoms with van der Waals surface area (Å²) >= 11 is 1.33. The van der Waals surface area contributed by atoms with Crippen LogP contribution >= 0.6 is 11.8 Å². The average molecular weight is 374 g/mol. The van der Waals surface area contributed by atoms with Gasteiger partial charge < -0.3 is 4.90 Å². The summed E-state index contributed by atoms with van der Waals surface area (Å²) in [5.74, 6) is 0.0526. The number of pyridine rings is 1. The maximum Gasteiger partial charge on any atom is 0.244 e. The summed E-state index contributed by atoms with van der Waals surface area (Å²) < 4.78 is 25.2. The summed E-state index contributed by atoms with van der Waals surface area (Å²) in [5, 5.41) is 0.333. The number of amides is 1. The fraction of sp³-hybridized carbons (Fsp3) is 0.625. The van der Waals surface area contributed by atoms with E-state index >= 15 is 0 Å². The Kier molecular flexibility index (Phi) is 7.25. The van der Waals surface area contributed by atoms with Gasteiger partial charge in [0.2, 0.25) is 15.9 Å². The van der Waals surface area contributed by atoms with E-state index in [-0.39, 0.29) is 28.1 Å². The molecule has 0 unspecified atom stereocenters. The van der Waals surface area contributed by atoms with Gasteiger partial charge in [0.25, 0.3) is 0 Å². The normalized spacial score (nSPS) is 13.6. The highest BCUT2D eigenvalue weighted by molar-refractivity contribution is 8.00. The fourth-order valence-corrected chi connectivity index (χ4v) is 4.04. The van der Waals surface area contributed by atoms with Crippen LogP contribution in [0.2, 0.25) is 0 Å². The molecule has 1 heterocycles. The summed E-state index contributed by atoms with van der Waals surface area (Å²) in [6.45, 7) is 9.82. The molecule has 1 aromatic rings. The molecule has 0 fully saturated rings. The lowest BCUT2D eigenvalue weighted by Crippen LogP contribution is -2.45. The molecule has 0 radical (unpaired) electrons. The molecule has 136 valence electrons. The molecule has 0 aromatic carbocycles. The van der Waals surface area contributed by atoms with Crippen molar-refractivity contribution < 1.29 is 13.2 Å². The summed E-state index contributed by atoms with van der Waals surface area (Å²) in [4.78, 5) is 18.8. The minimum absolute atomic E-state index is 0.0526. The predicted molar refractivity (Wildman–Crippen MR) is 97.5 cm³/mol. The van der Waals surface area contributed by atoms with Crippen LogP contribution in [0.1, 0.15) is 34.6 Å². The number of carbonyl (C=O) groups excluding carboxylic acids is 1. The molecular weight excluding hydrogens is 346 g/mol. The van der Waals surface area contributed by atoms with Crippen molar-refractivity contribution in [3.8, 4) is 0 Å². The molecule has 0 spiro atoms. The van der Waals surface area contributed by atoms with E-state index in [1.807, 2.05) is 39.5 Å². The zero-order chi connectivity index (χ0) is 18.7. The van der Waals surface area contributed by atoms with Crippen LogP contribution in [-0.2, 0) is 14.8 Å². The van der Waals surface area contributed by atoms with Gasteiger partial charge in [0.15, 0.2) is 0 Å². The van der Waals surface area contributed by atoms with E-state index in [1.165, 1.54) is 38.1 Å². The highest BCUT2D eigenvalue weighted by atomic mass is 32.2. The second kappa shape index (κ2) is 8.31. The number of aromatic nitrogens is 1. The Labute approximate surface area is 149 Å². The van der Waals surface area contributed by atoms with Crippen molar-refractivity contribution in [1.82, 2.24) is 14.2 Å². The number of hydrogen-bond donors (Lipinski definition) is 0. The van der Waals surface area contributed by atoms with Gasteiger partial charge in [-0.15, -0.1) is 0 Å². The van der Waals surface area contributed by atoms with E-state index in [1.54, 1.807) is 6.07 Å². The summed E-state index contributed by atoms with van der Waals surface area (Å²) in [7, 11) is -0.533. The van der Waals surface area contributed by atoms with Crippen LogP contribution in [-0.4, -0.2) is 59.9 Å². The molecule has 0 aliphatic carbocycles. The van der Waals surface area contributed by atoms with Crippen LogP contribution in [0.15, 0.2) is 28.3 Å². The molecule has 1 aromatic heterocycles. The van der Waals surface area contributed by atoms with Gasteiger partial charge in [-0.25, -0.2) is 17.7 Å². The molecular formula is C16H27N3O3S2. The van der Waals surface area contributed by atoms with E-state index in [0.717, 1.165) is 4.31 Å². The molecule has 24 heavy (non-hydrogen) atoms. The standard InChI is InChI=1S/C16H27N3O3S2/c1-11(2)19(12(3)4)16(20)13(5)23-15-9-8-14(10-17-15)24(21,22)18(6)7/h8-13H,1-7H3/t13-/m0/s1. The molecule has 0 saturated heterocycles. The molecule has 8 heteroatoms. The third kappa shape index (κ3) is 4.94. The molecule has 0 bridgehead atoms. The summed E-state index contributed by atoms with van der Waals surface area (Å²) in [6, 6.07) is 3.41. The summed E-state index contributed by atoms with van der Waals surface area (Å²) in [6.07, 6.45) is 1.33. The van der Waals surface area contributed by atoms with Crippen molar-refractivity contribution in [3.63, 3.8) is 0 Å². The van der Waals surface area contributed by atoms with Crippen LogP contribution in [0.3, 0.4) is 0 Å². The second-order valence-electron chi connectivity index (χ2n) is 6.31. The third-order valence-electron chi connectivity index (χ3n) is 3.50. The van der Waals surface area contributed by atoms with Crippen molar-refractivity contribution in [3.05, 3.63) is 18.3 Å². The van der Waals surface area contributed by atoms with Gasteiger partial charge in [-0.05, 0) is 46.8 Å². The molecule has 1 amide bonds. The van der Waals surface area contributed by atoms with Crippen molar-refractivity contribution in [2.45, 2.75) is 61.9 Å². The highest BCUT2D eigenvalue weighted by Gasteiger charge is 2.26. The Morgan fingerprint density at radius 3 is 2.00 bits per heavy atom. The van der Waals surface area contributed by atoms with Crippen LogP contribution in [0, 0.1) is 0 Å². The molecule has 0 aliphatic heterocycles. The van der Waals surface area contributed by atoms with Gasteiger partial charge in [0.05, 0.1) is 10.3 Å². The molecule has 6 nitrogen and oxygen atoms in total. The molecule has 0 N–H and O–H groups in total. The minimum atomic E-state index is -3.49. The third-order valence-corrected chi connectivity index (χ3v) is 6.34. The van der Waals surface area contributed by atoms with Crippen molar-refractivity contribution in [2.75, 3.05) is 14.1 Å². The number of sulfonamides is 1. The first-order valence-electron chi connectivity index (χ1n) is 7.86. The van der Waals surface area contributed by atoms with E-state index in [2.05, 4.69) is 4.98 Å². The summed E-state index contributed by atoms with van der Waals surface area (Å²) in [5.41, 5.74) is 0. The lowest BCUT2D eigenvalue weighted by atomic mass is 10.2. The maximum absolute atomic E-state index is 12.6. The first kappa shape index (κ1) is 20.9. The molecule has 0 aliphatic rings. The number of nitrogens with zero attached hydrogens (tertiary/aromatic N) is 3. The second-order valence-corrected chi connectivity index (χ2v) is 9.83. The van der Waals surface area contributed by atoms with E-state index < -0.39 is 10.0 Å². The number of thioether (sulfide) groups is 1. The first-order valence-corrected chi connectivity index (χ1v) is 10.2. The van der Waals surface area contributed by atoms with Crippen molar-refractivity contribution >= 4 is 27.7 Å². The Morgan fingerprint density at radius 1 is 1.08 bits per heavy atom. The SMILES string of the molecule is CC(C)N(C(=O)[C@H](C)Sc1ccc(S(=O)(=O)N(C)C)cn1)C(C)C. The van der Waals surface area contributed by atoms with Gasteiger partial charge in [-0.2, -0.15) is 0 Å². The average Bonchev–Trinajstić information content (AvgIpc) is 2.46. The zero-order valence-corrected chi connectivity index (χ0v) is 17.0. The Morgan fingerprint density at radius 2 is 1.62 bits per heavy atom. The largest absolute Gasteiger partial charge is 0.337 e. The number of rotatable bonds is 7.